The summed E-state index contributed by atoms with van der Waals surface area (Å²) in [5.41, 5.74) is 1.92. The van der Waals surface area contributed by atoms with Crippen LogP contribution in [0.2, 0.25) is 0 Å². The number of carbonyl (C=O) groups excluding carboxylic acids is 1. The Hall–Kier alpha value is -3.27. The van der Waals surface area contributed by atoms with Gasteiger partial charge in [0.25, 0.3) is 0 Å². The standard InChI is InChI=1S/C20H23N7O2S/c1-13-9-19(30-26-13)25-20(28)24-16-6-8-27(17-5-7-21-12-23-17)11-15(16)14-3-4-18(29-2)22-10-14/h3-5,7,9-10,12,15-16H,6,8,11H2,1-2H3,(H2,24,25,28)/t15-,16+/m0/s1. The highest BCUT2D eigenvalue weighted by Gasteiger charge is 2.32. The molecule has 3 aromatic rings. The molecule has 0 spiro atoms. The van der Waals surface area contributed by atoms with Gasteiger partial charge in [0.1, 0.15) is 17.1 Å². The van der Waals surface area contributed by atoms with Gasteiger partial charge in [0.15, 0.2) is 0 Å². The molecule has 4 heterocycles. The highest BCUT2D eigenvalue weighted by Crippen LogP contribution is 2.30. The Bertz CT molecular complexity index is 980. The molecule has 0 saturated carbocycles. The zero-order valence-corrected chi connectivity index (χ0v) is 17.6. The van der Waals surface area contributed by atoms with Crippen LogP contribution in [0.4, 0.5) is 15.6 Å². The Balaban J connectivity index is 1.52. The maximum Gasteiger partial charge on any atom is 0.320 e. The molecule has 0 aromatic carbocycles. The molecule has 1 aliphatic rings. The summed E-state index contributed by atoms with van der Waals surface area (Å²) in [7, 11) is 1.59. The van der Waals surface area contributed by atoms with Crippen LogP contribution in [0.15, 0.2) is 43.0 Å². The number of nitrogens with one attached hydrogen (secondary N) is 2. The lowest BCUT2D eigenvalue weighted by atomic mass is 9.86. The van der Waals surface area contributed by atoms with Crippen LogP contribution in [0, 0.1) is 6.92 Å². The van der Waals surface area contributed by atoms with E-state index in [0.717, 1.165) is 35.0 Å². The summed E-state index contributed by atoms with van der Waals surface area (Å²) in [4.78, 5) is 27.5. The molecule has 156 valence electrons. The van der Waals surface area contributed by atoms with Crippen molar-refractivity contribution >= 4 is 28.4 Å². The molecule has 0 unspecified atom stereocenters. The van der Waals surface area contributed by atoms with Gasteiger partial charge in [-0.15, -0.1) is 0 Å². The fraction of sp³-hybridized carbons (Fsp3) is 0.350. The van der Waals surface area contributed by atoms with Gasteiger partial charge in [0, 0.05) is 43.5 Å². The van der Waals surface area contributed by atoms with Gasteiger partial charge in [-0.25, -0.2) is 19.7 Å². The zero-order valence-electron chi connectivity index (χ0n) is 16.8. The number of hydrogen-bond acceptors (Lipinski definition) is 8. The van der Waals surface area contributed by atoms with Crippen molar-refractivity contribution in [3.63, 3.8) is 0 Å². The lowest BCUT2D eigenvalue weighted by Gasteiger charge is -2.39. The molecule has 1 saturated heterocycles. The minimum Gasteiger partial charge on any atom is -0.481 e. The number of nitrogens with zero attached hydrogens (tertiary/aromatic N) is 5. The molecule has 2 N–H and O–H groups in total. The Morgan fingerprint density at radius 1 is 1.30 bits per heavy atom. The van der Waals surface area contributed by atoms with Gasteiger partial charge in [0.2, 0.25) is 5.88 Å². The molecule has 1 aliphatic heterocycles. The molecule has 2 amide bonds. The number of ether oxygens (including phenoxy) is 1. The molecule has 1 fully saturated rings. The number of hydrogen-bond donors (Lipinski definition) is 2. The molecule has 0 bridgehead atoms. The van der Waals surface area contributed by atoms with Crippen molar-refractivity contribution in [1.82, 2.24) is 24.6 Å². The van der Waals surface area contributed by atoms with Gasteiger partial charge in [-0.2, -0.15) is 4.37 Å². The van der Waals surface area contributed by atoms with Crippen molar-refractivity contribution in [2.24, 2.45) is 0 Å². The van der Waals surface area contributed by atoms with E-state index in [0.29, 0.717) is 12.4 Å². The van der Waals surface area contributed by atoms with Crippen LogP contribution >= 0.6 is 11.5 Å². The fourth-order valence-corrected chi connectivity index (χ4v) is 4.27. The molecular weight excluding hydrogens is 402 g/mol. The van der Waals surface area contributed by atoms with E-state index in [2.05, 4.69) is 34.9 Å². The van der Waals surface area contributed by atoms with Crippen LogP contribution < -0.4 is 20.3 Å². The number of aryl methyl sites for hydroxylation is 1. The van der Waals surface area contributed by atoms with Gasteiger partial charge >= 0.3 is 6.03 Å². The normalized spacial score (nSPS) is 18.7. The predicted octanol–water partition coefficient (Wildman–Crippen LogP) is 2.83. The zero-order chi connectivity index (χ0) is 20.9. The molecule has 2 atom stereocenters. The van der Waals surface area contributed by atoms with Crippen molar-refractivity contribution in [2.45, 2.75) is 25.3 Å². The quantitative estimate of drug-likeness (QED) is 0.647. The summed E-state index contributed by atoms with van der Waals surface area (Å²) >= 11 is 1.27. The molecule has 10 heteroatoms. The number of carbonyl (C=O) groups is 1. The van der Waals surface area contributed by atoms with Crippen molar-refractivity contribution in [1.29, 1.82) is 0 Å². The van der Waals surface area contributed by atoms with Gasteiger partial charge in [-0.05, 0) is 42.6 Å². The van der Waals surface area contributed by atoms with E-state index in [-0.39, 0.29) is 18.0 Å². The number of methoxy groups -OCH3 is 1. The van der Waals surface area contributed by atoms with Crippen LogP contribution in [-0.2, 0) is 0 Å². The average molecular weight is 426 g/mol. The monoisotopic (exact) mass is 425 g/mol. The smallest absolute Gasteiger partial charge is 0.320 e. The molecule has 30 heavy (non-hydrogen) atoms. The van der Waals surface area contributed by atoms with Crippen molar-refractivity contribution in [3.05, 3.63) is 54.2 Å². The Morgan fingerprint density at radius 3 is 2.87 bits per heavy atom. The number of pyridine rings is 1. The molecule has 4 rings (SSSR count). The molecule has 3 aromatic heterocycles. The molecule has 0 aliphatic carbocycles. The van der Waals surface area contributed by atoms with Gasteiger partial charge < -0.3 is 15.0 Å². The summed E-state index contributed by atoms with van der Waals surface area (Å²) in [5.74, 6) is 1.48. The third-order valence-corrected chi connectivity index (χ3v) is 5.88. The van der Waals surface area contributed by atoms with Crippen LogP contribution in [0.1, 0.15) is 23.6 Å². The van der Waals surface area contributed by atoms with Crippen molar-refractivity contribution < 1.29 is 9.53 Å². The Morgan fingerprint density at radius 2 is 2.20 bits per heavy atom. The van der Waals surface area contributed by atoms with E-state index in [1.807, 2.05) is 37.4 Å². The first kappa shape index (κ1) is 20.0. The first-order valence-electron chi connectivity index (χ1n) is 9.64. The van der Waals surface area contributed by atoms with Crippen LogP contribution in [0.3, 0.4) is 0 Å². The first-order valence-corrected chi connectivity index (χ1v) is 10.4. The third-order valence-electron chi connectivity index (χ3n) is 5.08. The lowest BCUT2D eigenvalue weighted by Crippen LogP contribution is -2.51. The van der Waals surface area contributed by atoms with Crippen molar-refractivity contribution in [2.75, 3.05) is 30.4 Å². The second kappa shape index (κ2) is 9.04. The summed E-state index contributed by atoms with van der Waals surface area (Å²) in [6.07, 6.45) is 5.87. The van der Waals surface area contributed by atoms with E-state index in [1.54, 1.807) is 19.6 Å². The average Bonchev–Trinajstić information content (AvgIpc) is 3.19. The second-order valence-corrected chi connectivity index (χ2v) is 7.89. The summed E-state index contributed by atoms with van der Waals surface area (Å²) in [5, 5.41) is 6.74. The SMILES string of the molecule is COc1ccc([C@@H]2CN(c3ccncn3)CC[C@H]2NC(=O)Nc2cc(C)ns2)cn1. The van der Waals surface area contributed by atoms with Crippen LogP contribution in [0.25, 0.3) is 0 Å². The highest BCUT2D eigenvalue weighted by atomic mass is 32.1. The maximum absolute atomic E-state index is 12.6. The van der Waals surface area contributed by atoms with Gasteiger partial charge in [-0.3, -0.25) is 5.32 Å². The van der Waals surface area contributed by atoms with Gasteiger partial charge in [0.05, 0.1) is 12.8 Å². The minimum atomic E-state index is -0.231. The van der Waals surface area contributed by atoms with E-state index in [4.69, 9.17) is 4.74 Å². The summed E-state index contributed by atoms with van der Waals surface area (Å²) in [6, 6.07) is 7.32. The first-order chi connectivity index (χ1) is 14.6. The Kier molecular flexibility index (Phi) is 6.03. The number of urea groups is 1. The molecular formula is C20H23N7O2S. The largest absolute Gasteiger partial charge is 0.481 e. The highest BCUT2D eigenvalue weighted by molar-refractivity contribution is 7.10. The van der Waals surface area contributed by atoms with E-state index >= 15 is 0 Å². The summed E-state index contributed by atoms with van der Waals surface area (Å²) in [6.45, 7) is 3.38. The third kappa shape index (κ3) is 4.65. The maximum atomic E-state index is 12.6. The second-order valence-electron chi connectivity index (χ2n) is 7.08. The molecule has 0 radical (unpaired) electrons. The van der Waals surface area contributed by atoms with Gasteiger partial charge in [-0.1, -0.05) is 6.07 Å². The number of piperidine rings is 1. The number of aromatic nitrogens is 4. The predicted molar refractivity (Wildman–Crippen MR) is 115 cm³/mol. The van der Waals surface area contributed by atoms with Crippen LogP contribution in [0.5, 0.6) is 5.88 Å². The molecule has 9 nitrogen and oxygen atoms in total. The van der Waals surface area contributed by atoms with Crippen LogP contribution in [-0.4, -0.2) is 51.6 Å². The number of amides is 2. The van der Waals surface area contributed by atoms with E-state index in [1.165, 1.54) is 11.5 Å². The Labute approximate surface area is 178 Å². The minimum absolute atomic E-state index is 0.0427. The van der Waals surface area contributed by atoms with Crippen molar-refractivity contribution in [3.8, 4) is 5.88 Å². The topological polar surface area (TPSA) is 105 Å². The summed E-state index contributed by atoms with van der Waals surface area (Å²) < 4.78 is 9.38. The fourth-order valence-electron chi connectivity index (χ4n) is 3.61. The lowest BCUT2D eigenvalue weighted by molar-refractivity contribution is 0.243. The van der Waals surface area contributed by atoms with E-state index < -0.39 is 0 Å². The number of anilines is 2. The van der Waals surface area contributed by atoms with E-state index in [9.17, 15) is 4.79 Å². The number of rotatable bonds is 5.